The van der Waals surface area contributed by atoms with E-state index in [2.05, 4.69) is 63.5 Å². The second-order valence-corrected chi connectivity index (χ2v) is 6.86. The maximum Gasteiger partial charge on any atom is 0.245 e. The molecule has 1 aliphatic rings. The van der Waals surface area contributed by atoms with Gasteiger partial charge in [0.15, 0.2) is 0 Å². The van der Waals surface area contributed by atoms with Crippen molar-refractivity contribution in [3.05, 3.63) is 36.0 Å². The highest BCUT2D eigenvalue weighted by Crippen LogP contribution is 2.22. The molecule has 1 aliphatic heterocycles. The van der Waals surface area contributed by atoms with Crippen LogP contribution < -0.4 is 4.90 Å². The highest BCUT2D eigenvalue weighted by atomic mass is 16.5. The molecule has 7 heteroatoms. The molecule has 1 fully saturated rings. The van der Waals surface area contributed by atoms with Crippen molar-refractivity contribution in [2.45, 2.75) is 45.4 Å². The zero-order valence-corrected chi connectivity index (χ0v) is 14.7. The van der Waals surface area contributed by atoms with Gasteiger partial charge in [-0.25, -0.2) is 4.68 Å². The molecule has 2 aromatic heterocycles. The van der Waals surface area contributed by atoms with Crippen LogP contribution in [-0.2, 0) is 11.3 Å². The minimum atomic E-state index is 0.281. The summed E-state index contributed by atoms with van der Waals surface area (Å²) in [5.41, 5.74) is 2.35. The number of aromatic amines is 1. The summed E-state index contributed by atoms with van der Waals surface area (Å²) in [6.45, 7) is 6.70. The summed E-state index contributed by atoms with van der Waals surface area (Å²) >= 11 is 0. The van der Waals surface area contributed by atoms with E-state index in [1.54, 1.807) is 0 Å². The number of hydrogen-bond acceptors (Lipinski definition) is 5. The Morgan fingerprint density at radius 2 is 2.08 bits per heavy atom. The molecule has 0 saturated carbocycles. The van der Waals surface area contributed by atoms with Crippen LogP contribution in [0, 0.1) is 0 Å². The van der Waals surface area contributed by atoms with Crippen LogP contribution in [0.15, 0.2) is 30.5 Å². The van der Waals surface area contributed by atoms with E-state index in [4.69, 9.17) is 4.74 Å². The second-order valence-electron chi connectivity index (χ2n) is 6.86. The third-order valence-electron chi connectivity index (χ3n) is 4.71. The number of fused-ring (bicyclic) bond motifs is 1. The quantitative estimate of drug-likeness (QED) is 0.773. The molecular weight excluding hydrogens is 316 g/mol. The van der Waals surface area contributed by atoms with E-state index in [0.717, 1.165) is 37.4 Å². The lowest BCUT2D eigenvalue weighted by molar-refractivity contribution is -0.00498. The van der Waals surface area contributed by atoms with E-state index >= 15 is 0 Å². The number of hydrogen-bond donors (Lipinski definition) is 1. The molecule has 7 nitrogen and oxygen atoms in total. The van der Waals surface area contributed by atoms with Crippen LogP contribution >= 0.6 is 0 Å². The summed E-state index contributed by atoms with van der Waals surface area (Å²) in [7, 11) is 0. The van der Waals surface area contributed by atoms with Gasteiger partial charge in [-0.15, -0.1) is 0 Å². The van der Waals surface area contributed by atoms with Gasteiger partial charge in [0.1, 0.15) is 0 Å². The number of tetrazole rings is 1. The van der Waals surface area contributed by atoms with E-state index in [0.29, 0.717) is 12.6 Å². The van der Waals surface area contributed by atoms with Crippen LogP contribution in [0.5, 0.6) is 0 Å². The van der Waals surface area contributed by atoms with Crippen molar-refractivity contribution in [3.63, 3.8) is 0 Å². The molecule has 3 heterocycles. The van der Waals surface area contributed by atoms with Crippen molar-refractivity contribution in [1.82, 2.24) is 25.2 Å². The molecule has 0 aliphatic carbocycles. The zero-order chi connectivity index (χ0) is 17.2. The molecule has 4 rings (SSSR count). The zero-order valence-electron chi connectivity index (χ0n) is 14.7. The number of rotatable bonds is 5. The van der Waals surface area contributed by atoms with Gasteiger partial charge in [0.05, 0.1) is 18.8 Å². The summed E-state index contributed by atoms with van der Waals surface area (Å²) in [5, 5.41) is 13.6. The normalized spacial score (nSPS) is 16.2. The minimum absolute atomic E-state index is 0.281. The van der Waals surface area contributed by atoms with E-state index in [1.165, 1.54) is 10.9 Å². The molecular formula is C18H24N6O. The Hall–Kier alpha value is -2.41. The number of nitrogens with one attached hydrogen (secondary N) is 1. The standard InChI is InChI=1S/C18H24N6O/c1-13(2)25-15-7-10-23(11-8-15)18-20-21-22-24(18)12-14-4-3-5-17-16(14)6-9-19-17/h3-6,9,13,15,19H,7-8,10-12H2,1-2H3. The van der Waals surface area contributed by atoms with Crippen molar-refractivity contribution in [3.8, 4) is 0 Å². The van der Waals surface area contributed by atoms with Crippen molar-refractivity contribution in [1.29, 1.82) is 0 Å². The molecule has 0 bridgehead atoms. The number of piperidine rings is 1. The van der Waals surface area contributed by atoms with Gasteiger partial charge in [-0.3, -0.25) is 0 Å². The lowest BCUT2D eigenvalue weighted by Gasteiger charge is -2.32. The molecule has 1 aromatic carbocycles. The van der Waals surface area contributed by atoms with Gasteiger partial charge in [0, 0.05) is 30.2 Å². The monoisotopic (exact) mass is 340 g/mol. The SMILES string of the molecule is CC(C)OC1CCN(c2nnnn2Cc2cccc3[nH]ccc23)CC1. The molecule has 132 valence electrons. The van der Waals surface area contributed by atoms with E-state index in [9.17, 15) is 0 Å². The van der Waals surface area contributed by atoms with Gasteiger partial charge >= 0.3 is 0 Å². The number of anilines is 1. The van der Waals surface area contributed by atoms with Crippen LogP contribution in [0.25, 0.3) is 10.9 Å². The van der Waals surface area contributed by atoms with Crippen LogP contribution in [0.4, 0.5) is 5.95 Å². The molecule has 1 saturated heterocycles. The highest BCUT2D eigenvalue weighted by molar-refractivity contribution is 5.82. The molecule has 0 unspecified atom stereocenters. The van der Waals surface area contributed by atoms with Crippen LogP contribution in [0.3, 0.4) is 0 Å². The summed E-state index contributed by atoms with van der Waals surface area (Å²) in [6, 6.07) is 8.37. The van der Waals surface area contributed by atoms with Crippen LogP contribution in [0.1, 0.15) is 32.3 Å². The number of H-pyrrole nitrogens is 1. The Morgan fingerprint density at radius 3 is 2.88 bits per heavy atom. The van der Waals surface area contributed by atoms with E-state index in [1.807, 2.05) is 10.9 Å². The van der Waals surface area contributed by atoms with Crippen LogP contribution in [0.2, 0.25) is 0 Å². The maximum absolute atomic E-state index is 5.93. The summed E-state index contributed by atoms with van der Waals surface area (Å²) < 4.78 is 7.83. The molecule has 0 radical (unpaired) electrons. The van der Waals surface area contributed by atoms with Crippen molar-refractivity contribution >= 4 is 16.9 Å². The molecule has 3 aromatic rings. The number of nitrogens with zero attached hydrogens (tertiary/aromatic N) is 5. The van der Waals surface area contributed by atoms with Gasteiger partial charge in [0.2, 0.25) is 5.95 Å². The first-order valence-corrected chi connectivity index (χ1v) is 8.92. The van der Waals surface area contributed by atoms with Gasteiger partial charge in [0.25, 0.3) is 0 Å². The first-order chi connectivity index (χ1) is 12.2. The predicted molar refractivity (Wildman–Crippen MR) is 96.7 cm³/mol. The Morgan fingerprint density at radius 1 is 1.24 bits per heavy atom. The number of ether oxygens (including phenoxy) is 1. The Labute approximate surface area is 147 Å². The average Bonchev–Trinajstić information content (AvgIpc) is 3.25. The van der Waals surface area contributed by atoms with E-state index in [-0.39, 0.29) is 6.10 Å². The molecule has 0 amide bonds. The average molecular weight is 340 g/mol. The lowest BCUT2D eigenvalue weighted by atomic mass is 10.1. The molecule has 25 heavy (non-hydrogen) atoms. The first-order valence-electron chi connectivity index (χ1n) is 8.92. The smallest absolute Gasteiger partial charge is 0.245 e. The van der Waals surface area contributed by atoms with E-state index < -0.39 is 0 Å². The van der Waals surface area contributed by atoms with Gasteiger partial charge < -0.3 is 14.6 Å². The fourth-order valence-corrected chi connectivity index (χ4v) is 3.56. The van der Waals surface area contributed by atoms with Gasteiger partial charge in [-0.2, -0.15) is 0 Å². The third-order valence-corrected chi connectivity index (χ3v) is 4.71. The fourth-order valence-electron chi connectivity index (χ4n) is 3.56. The first kappa shape index (κ1) is 16.1. The summed E-state index contributed by atoms with van der Waals surface area (Å²) in [6.07, 6.45) is 4.61. The number of aromatic nitrogens is 5. The highest BCUT2D eigenvalue weighted by Gasteiger charge is 2.24. The molecule has 1 N–H and O–H groups in total. The topological polar surface area (TPSA) is 71.9 Å². The minimum Gasteiger partial charge on any atom is -0.375 e. The van der Waals surface area contributed by atoms with Crippen molar-refractivity contribution in [2.75, 3.05) is 18.0 Å². The van der Waals surface area contributed by atoms with Gasteiger partial charge in [-0.1, -0.05) is 17.2 Å². The lowest BCUT2D eigenvalue weighted by Crippen LogP contribution is -2.39. The fraction of sp³-hybridized carbons (Fsp3) is 0.500. The molecule has 0 atom stereocenters. The maximum atomic E-state index is 5.93. The Bertz CT molecular complexity index is 831. The Kier molecular flexibility index (Phi) is 4.40. The summed E-state index contributed by atoms with van der Waals surface area (Å²) in [4.78, 5) is 5.51. The van der Waals surface area contributed by atoms with Crippen LogP contribution in [-0.4, -0.2) is 50.5 Å². The molecule has 0 spiro atoms. The van der Waals surface area contributed by atoms with Gasteiger partial charge in [-0.05, 0) is 54.8 Å². The summed E-state index contributed by atoms with van der Waals surface area (Å²) in [5.74, 6) is 0.843. The number of benzene rings is 1. The van der Waals surface area contributed by atoms with Crippen molar-refractivity contribution in [2.24, 2.45) is 0 Å². The second kappa shape index (κ2) is 6.84. The van der Waals surface area contributed by atoms with Crippen molar-refractivity contribution < 1.29 is 4.74 Å². The Balaban J connectivity index is 1.49. The largest absolute Gasteiger partial charge is 0.375 e. The predicted octanol–water partition coefficient (Wildman–Crippen LogP) is 2.60. The third kappa shape index (κ3) is 3.37.